The van der Waals surface area contributed by atoms with E-state index < -0.39 is 10.2 Å². The van der Waals surface area contributed by atoms with Crippen LogP contribution in [0.1, 0.15) is 32.6 Å². The van der Waals surface area contributed by atoms with Crippen LogP contribution in [0.5, 0.6) is 0 Å². The molecule has 20 heavy (non-hydrogen) atoms. The van der Waals surface area contributed by atoms with Crippen LogP contribution in [0.2, 0.25) is 0 Å². The molecule has 8 heteroatoms. The molecule has 0 bridgehead atoms. The van der Waals surface area contributed by atoms with Gasteiger partial charge in [-0.1, -0.05) is 13.3 Å². The first-order chi connectivity index (χ1) is 9.39. The van der Waals surface area contributed by atoms with Crippen molar-refractivity contribution in [1.82, 2.24) is 13.9 Å². The topological polar surface area (TPSA) is 91.0 Å². The Morgan fingerprint density at radius 3 is 2.75 bits per heavy atom. The maximum atomic E-state index is 12.3. The van der Waals surface area contributed by atoms with Gasteiger partial charge in [0.05, 0.1) is 6.54 Å². The Morgan fingerprint density at radius 2 is 2.15 bits per heavy atom. The second kappa shape index (κ2) is 7.80. The highest BCUT2D eigenvalue weighted by Crippen LogP contribution is 2.21. The van der Waals surface area contributed by atoms with Gasteiger partial charge in [-0.25, -0.2) is 0 Å². The molecule has 1 atom stereocenters. The third-order valence-corrected chi connectivity index (χ3v) is 5.36. The first-order valence-corrected chi connectivity index (χ1v) is 8.52. The van der Waals surface area contributed by atoms with Gasteiger partial charge in [0.25, 0.3) is 10.2 Å². The molecular formula is C12H27N5O2S. The zero-order valence-corrected chi connectivity index (χ0v) is 13.5. The SMILES string of the molecule is CCCNC(N)=NCC1CCCCN1S(=O)(=O)N(C)C. The van der Waals surface area contributed by atoms with Crippen LogP contribution in [0.4, 0.5) is 0 Å². The average Bonchev–Trinajstić information content (AvgIpc) is 2.42. The van der Waals surface area contributed by atoms with E-state index in [0.29, 0.717) is 19.0 Å². The van der Waals surface area contributed by atoms with Crippen molar-refractivity contribution in [2.75, 3.05) is 33.7 Å². The third-order valence-electron chi connectivity index (χ3n) is 3.36. The minimum Gasteiger partial charge on any atom is -0.370 e. The minimum atomic E-state index is -3.38. The molecular weight excluding hydrogens is 278 g/mol. The molecule has 0 radical (unpaired) electrons. The molecule has 1 fully saturated rings. The van der Waals surface area contributed by atoms with Crippen molar-refractivity contribution in [2.45, 2.75) is 38.6 Å². The molecule has 118 valence electrons. The van der Waals surface area contributed by atoms with Gasteiger partial charge in [-0.3, -0.25) is 4.99 Å². The summed E-state index contributed by atoms with van der Waals surface area (Å²) in [7, 11) is -0.264. The van der Waals surface area contributed by atoms with Gasteiger partial charge in [0, 0.05) is 33.2 Å². The summed E-state index contributed by atoms with van der Waals surface area (Å²) in [5.74, 6) is 0.389. The van der Waals surface area contributed by atoms with E-state index in [-0.39, 0.29) is 6.04 Å². The van der Waals surface area contributed by atoms with Crippen LogP contribution in [0.25, 0.3) is 0 Å². The number of nitrogens with two attached hydrogens (primary N) is 1. The Labute approximate surface area is 122 Å². The fourth-order valence-corrected chi connectivity index (χ4v) is 3.51. The largest absolute Gasteiger partial charge is 0.370 e. The highest BCUT2D eigenvalue weighted by Gasteiger charge is 2.33. The Balaban J connectivity index is 2.70. The normalized spacial score (nSPS) is 22.2. The number of hydrogen-bond donors (Lipinski definition) is 2. The van der Waals surface area contributed by atoms with Crippen molar-refractivity contribution in [2.24, 2.45) is 10.7 Å². The molecule has 1 unspecified atom stereocenters. The number of hydrogen-bond acceptors (Lipinski definition) is 3. The lowest BCUT2D eigenvalue weighted by atomic mass is 10.1. The predicted octanol–water partition coefficient (Wildman–Crippen LogP) is -0.0384. The molecule has 3 N–H and O–H groups in total. The zero-order chi connectivity index (χ0) is 15.2. The molecule has 1 heterocycles. The number of aliphatic imine (C=N–C) groups is 1. The highest BCUT2D eigenvalue weighted by atomic mass is 32.2. The number of nitrogens with one attached hydrogen (secondary N) is 1. The Bertz CT molecular complexity index is 422. The second-order valence-corrected chi connectivity index (χ2v) is 7.30. The van der Waals surface area contributed by atoms with Gasteiger partial charge in [-0.2, -0.15) is 17.0 Å². The molecule has 0 aliphatic carbocycles. The van der Waals surface area contributed by atoms with Crippen molar-refractivity contribution in [3.63, 3.8) is 0 Å². The van der Waals surface area contributed by atoms with Crippen LogP contribution in [-0.2, 0) is 10.2 Å². The highest BCUT2D eigenvalue weighted by molar-refractivity contribution is 7.86. The van der Waals surface area contributed by atoms with Crippen molar-refractivity contribution >= 4 is 16.2 Å². The number of rotatable bonds is 6. The molecule has 0 spiro atoms. The van der Waals surface area contributed by atoms with Crippen molar-refractivity contribution in [3.05, 3.63) is 0 Å². The van der Waals surface area contributed by atoms with E-state index in [0.717, 1.165) is 32.2 Å². The van der Waals surface area contributed by atoms with Gasteiger partial charge in [-0.05, 0) is 19.3 Å². The molecule has 0 amide bonds. The summed E-state index contributed by atoms with van der Waals surface area (Å²) in [5, 5.41) is 3.00. The minimum absolute atomic E-state index is 0.0990. The van der Waals surface area contributed by atoms with Gasteiger partial charge < -0.3 is 11.1 Å². The van der Waals surface area contributed by atoms with Gasteiger partial charge in [0.2, 0.25) is 0 Å². The fraction of sp³-hybridized carbons (Fsp3) is 0.917. The molecule has 1 aliphatic heterocycles. The lowest BCUT2D eigenvalue weighted by Crippen LogP contribution is -2.50. The number of nitrogens with zero attached hydrogens (tertiary/aromatic N) is 3. The Morgan fingerprint density at radius 1 is 1.45 bits per heavy atom. The van der Waals surface area contributed by atoms with Crippen LogP contribution < -0.4 is 11.1 Å². The monoisotopic (exact) mass is 305 g/mol. The maximum Gasteiger partial charge on any atom is 0.281 e. The van der Waals surface area contributed by atoms with Crippen molar-refractivity contribution in [3.8, 4) is 0 Å². The van der Waals surface area contributed by atoms with Crippen molar-refractivity contribution in [1.29, 1.82) is 0 Å². The summed E-state index contributed by atoms with van der Waals surface area (Å²) in [6.45, 7) is 3.80. The van der Waals surface area contributed by atoms with Gasteiger partial charge in [0.1, 0.15) is 0 Å². The Kier molecular flexibility index (Phi) is 6.70. The van der Waals surface area contributed by atoms with E-state index in [1.165, 1.54) is 4.31 Å². The van der Waals surface area contributed by atoms with E-state index in [9.17, 15) is 8.42 Å². The van der Waals surface area contributed by atoms with Crippen LogP contribution in [0.15, 0.2) is 4.99 Å². The summed E-state index contributed by atoms with van der Waals surface area (Å²) >= 11 is 0. The molecule has 0 aromatic heterocycles. The van der Waals surface area contributed by atoms with E-state index in [2.05, 4.69) is 10.3 Å². The van der Waals surface area contributed by atoms with Gasteiger partial charge >= 0.3 is 0 Å². The quantitative estimate of drug-likeness (QED) is 0.532. The van der Waals surface area contributed by atoms with Gasteiger partial charge in [-0.15, -0.1) is 0 Å². The van der Waals surface area contributed by atoms with Gasteiger partial charge in [0.15, 0.2) is 5.96 Å². The summed E-state index contributed by atoms with van der Waals surface area (Å²) in [6, 6.07) is -0.0990. The van der Waals surface area contributed by atoms with E-state index in [4.69, 9.17) is 5.73 Å². The predicted molar refractivity (Wildman–Crippen MR) is 81.7 cm³/mol. The molecule has 7 nitrogen and oxygen atoms in total. The molecule has 0 aromatic carbocycles. The fourth-order valence-electron chi connectivity index (χ4n) is 2.18. The molecule has 0 saturated carbocycles. The summed E-state index contributed by atoms with van der Waals surface area (Å²) in [5.41, 5.74) is 5.75. The molecule has 1 aliphatic rings. The first kappa shape index (κ1) is 17.2. The number of piperidine rings is 1. The van der Waals surface area contributed by atoms with Crippen molar-refractivity contribution < 1.29 is 8.42 Å². The van der Waals surface area contributed by atoms with E-state index >= 15 is 0 Å². The maximum absolute atomic E-state index is 12.3. The average molecular weight is 305 g/mol. The molecule has 0 aromatic rings. The lowest BCUT2D eigenvalue weighted by molar-refractivity contribution is 0.245. The zero-order valence-electron chi connectivity index (χ0n) is 12.7. The van der Waals surface area contributed by atoms with Crippen LogP contribution in [-0.4, -0.2) is 62.8 Å². The smallest absolute Gasteiger partial charge is 0.281 e. The van der Waals surface area contributed by atoms with Crippen LogP contribution in [0, 0.1) is 0 Å². The number of guanidine groups is 1. The van der Waals surface area contributed by atoms with Crippen LogP contribution >= 0.6 is 0 Å². The Hall–Kier alpha value is -0.860. The first-order valence-electron chi connectivity index (χ1n) is 7.12. The summed E-state index contributed by atoms with van der Waals surface area (Å²) in [6.07, 6.45) is 3.73. The molecule has 1 saturated heterocycles. The van der Waals surface area contributed by atoms with E-state index in [1.54, 1.807) is 18.4 Å². The molecule has 1 rings (SSSR count). The lowest BCUT2D eigenvalue weighted by Gasteiger charge is -2.35. The third kappa shape index (κ3) is 4.60. The second-order valence-electron chi connectivity index (χ2n) is 5.20. The standard InChI is InChI=1S/C12H27N5O2S/c1-4-8-14-12(13)15-10-11-7-5-6-9-17(11)20(18,19)16(2)3/h11H,4-10H2,1-3H3,(H3,13,14,15). The van der Waals surface area contributed by atoms with E-state index in [1.807, 2.05) is 6.92 Å². The summed E-state index contributed by atoms with van der Waals surface area (Å²) < 4.78 is 27.3. The van der Waals surface area contributed by atoms with Crippen LogP contribution in [0.3, 0.4) is 0 Å². The summed E-state index contributed by atoms with van der Waals surface area (Å²) in [4.78, 5) is 4.27.